The van der Waals surface area contributed by atoms with Gasteiger partial charge in [-0.15, -0.1) is 0 Å². The predicted molar refractivity (Wildman–Crippen MR) is 53.5 cm³/mol. The normalized spacial score (nSPS) is 30.8. The number of hydrogen-bond acceptors (Lipinski definition) is 5. The van der Waals surface area contributed by atoms with Crippen LogP contribution in [0.2, 0.25) is 0 Å². The number of methoxy groups -OCH3 is 2. The molecule has 0 aliphatic carbocycles. The van der Waals surface area contributed by atoms with Crippen LogP contribution in [0.3, 0.4) is 0 Å². The molecule has 0 saturated carbocycles. The second-order valence-electron chi connectivity index (χ2n) is 3.78. The summed E-state index contributed by atoms with van der Waals surface area (Å²) in [5.74, 6) is -1.12. The first-order valence-corrected chi connectivity index (χ1v) is 4.82. The molecule has 2 heterocycles. The second kappa shape index (κ2) is 3.45. The Morgan fingerprint density at radius 2 is 1.94 bits per heavy atom. The molecule has 2 aliphatic heterocycles. The third-order valence-corrected chi connectivity index (χ3v) is 2.81. The van der Waals surface area contributed by atoms with Crippen molar-refractivity contribution in [2.45, 2.75) is 18.6 Å². The highest BCUT2D eigenvalue weighted by Crippen LogP contribution is 2.43. The summed E-state index contributed by atoms with van der Waals surface area (Å²) >= 11 is 0. The van der Waals surface area contributed by atoms with Crippen LogP contribution in [0.15, 0.2) is 23.3 Å². The monoisotopic (exact) mass is 224 g/mol. The Morgan fingerprint density at radius 3 is 2.50 bits per heavy atom. The number of fused-ring (bicyclic) bond motifs is 2. The molecule has 2 aliphatic rings. The fraction of sp³-hybridized carbons (Fsp3) is 0.455. The largest absolute Gasteiger partial charge is 0.466 e. The summed E-state index contributed by atoms with van der Waals surface area (Å²) < 4.78 is 14.8. The van der Waals surface area contributed by atoms with Crippen LogP contribution in [-0.4, -0.2) is 37.9 Å². The van der Waals surface area contributed by atoms with E-state index in [2.05, 4.69) is 9.47 Å². The van der Waals surface area contributed by atoms with Gasteiger partial charge in [0.15, 0.2) is 0 Å². The fourth-order valence-electron chi connectivity index (χ4n) is 2.06. The number of carbonyl (C=O) groups is 2. The van der Waals surface area contributed by atoms with E-state index in [1.54, 1.807) is 19.1 Å². The summed E-state index contributed by atoms with van der Waals surface area (Å²) in [7, 11) is 2.53. The summed E-state index contributed by atoms with van der Waals surface area (Å²) in [5, 5.41) is 0. The van der Waals surface area contributed by atoms with Crippen molar-refractivity contribution in [3.63, 3.8) is 0 Å². The first-order valence-electron chi connectivity index (χ1n) is 4.82. The molecule has 0 fully saturated rings. The zero-order valence-electron chi connectivity index (χ0n) is 9.27. The topological polar surface area (TPSA) is 61.8 Å². The number of carbonyl (C=O) groups excluding carboxylic acids is 2. The van der Waals surface area contributed by atoms with Crippen molar-refractivity contribution in [1.82, 2.24) is 0 Å². The van der Waals surface area contributed by atoms with Gasteiger partial charge in [-0.05, 0) is 13.0 Å². The predicted octanol–water partition coefficient (Wildman–Crippen LogP) is 0.356. The molecule has 2 rings (SSSR count). The van der Waals surface area contributed by atoms with Gasteiger partial charge in [0.1, 0.15) is 11.7 Å². The Balaban J connectivity index is 2.50. The van der Waals surface area contributed by atoms with Gasteiger partial charge in [0.05, 0.1) is 25.4 Å². The van der Waals surface area contributed by atoms with Gasteiger partial charge in [0.2, 0.25) is 0 Å². The van der Waals surface area contributed by atoms with Gasteiger partial charge in [-0.1, -0.05) is 6.08 Å². The summed E-state index contributed by atoms with van der Waals surface area (Å²) in [6, 6.07) is 0. The lowest BCUT2D eigenvalue weighted by Crippen LogP contribution is -2.29. The van der Waals surface area contributed by atoms with E-state index in [9.17, 15) is 9.59 Å². The minimum Gasteiger partial charge on any atom is -0.466 e. The molecule has 0 aromatic carbocycles. The van der Waals surface area contributed by atoms with Gasteiger partial charge in [-0.25, -0.2) is 9.59 Å². The van der Waals surface area contributed by atoms with E-state index in [4.69, 9.17) is 4.74 Å². The minimum atomic E-state index is -0.874. The van der Waals surface area contributed by atoms with E-state index >= 15 is 0 Å². The molecule has 0 spiro atoms. The molecule has 5 heteroatoms. The molecule has 5 nitrogen and oxygen atoms in total. The van der Waals surface area contributed by atoms with E-state index in [-0.39, 0.29) is 11.1 Å². The van der Waals surface area contributed by atoms with Crippen LogP contribution in [0.1, 0.15) is 6.92 Å². The minimum absolute atomic E-state index is 0.231. The van der Waals surface area contributed by atoms with Crippen LogP contribution in [-0.2, 0) is 23.8 Å². The first-order chi connectivity index (χ1) is 7.53. The van der Waals surface area contributed by atoms with E-state index in [0.29, 0.717) is 0 Å². The quantitative estimate of drug-likeness (QED) is 0.500. The molecule has 2 atom stereocenters. The van der Waals surface area contributed by atoms with Crippen molar-refractivity contribution in [1.29, 1.82) is 0 Å². The Bertz CT molecular complexity index is 420. The fourth-order valence-corrected chi connectivity index (χ4v) is 2.06. The number of rotatable bonds is 2. The standard InChI is InChI=1S/C11H12O5/c1-11-5-4-6(16-11)7(9(12)14-2)8(11)10(13)15-3/h4-6H,1-3H3/t6-,11-/m1/s1. The van der Waals surface area contributed by atoms with Crippen LogP contribution in [0.25, 0.3) is 0 Å². The van der Waals surface area contributed by atoms with Gasteiger partial charge in [-0.2, -0.15) is 0 Å². The number of ether oxygens (including phenoxy) is 3. The average Bonchev–Trinajstić information content (AvgIpc) is 2.79. The molecular formula is C11H12O5. The lowest BCUT2D eigenvalue weighted by Gasteiger charge is -2.19. The second-order valence-corrected chi connectivity index (χ2v) is 3.78. The smallest absolute Gasteiger partial charge is 0.337 e. The Labute approximate surface area is 92.7 Å². The summed E-state index contributed by atoms with van der Waals surface area (Å²) in [5.41, 5.74) is -0.407. The number of esters is 2. The number of hydrogen-bond donors (Lipinski definition) is 0. The van der Waals surface area contributed by atoms with E-state index in [1.165, 1.54) is 14.2 Å². The SMILES string of the molecule is COC(=O)C1=C(C(=O)OC)[C@@]2(C)C=C[C@H]1O2. The molecule has 86 valence electrons. The molecule has 0 saturated heterocycles. The van der Waals surface area contributed by atoms with Crippen LogP contribution < -0.4 is 0 Å². The van der Waals surface area contributed by atoms with Crippen molar-refractivity contribution in [3.8, 4) is 0 Å². The first kappa shape index (κ1) is 10.9. The van der Waals surface area contributed by atoms with Crippen molar-refractivity contribution < 1.29 is 23.8 Å². The van der Waals surface area contributed by atoms with Crippen LogP contribution in [0.5, 0.6) is 0 Å². The molecule has 0 unspecified atom stereocenters. The maximum absolute atomic E-state index is 11.6. The lowest BCUT2D eigenvalue weighted by molar-refractivity contribution is -0.139. The van der Waals surface area contributed by atoms with Crippen molar-refractivity contribution in [2.24, 2.45) is 0 Å². The average molecular weight is 224 g/mol. The molecular weight excluding hydrogens is 212 g/mol. The molecule has 0 N–H and O–H groups in total. The van der Waals surface area contributed by atoms with E-state index in [0.717, 1.165) is 0 Å². The molecule has 2 bridgehead atoms. The van der Waals surface area contributed by atoms with Crippen molar-refractivity contribution >= 4 is 11.9 Å². The highest BCUT2D eigenvalue weighted by molar-refractivity contribution is 6.04. The van der Waals surface area contributed by atoms with Crippen LogP contribution >= 0.6 is 0 Å². The van der Waals surface area contributed by atoms with Crippen molar-refractivity contribution in [3.05, 3.63) is 23.3 Å². The van der Waals surface area contributed by atoms with Crippen molar-refractivity contribution in [2.75, 3.05) is 14.2 Å². The van der Waals surface area contributed by atoms with Gasteiger partial charge >= 0.3 is 11.9 Å². The lowest BCUT2D eigenvalue weighted by atomic mass is 9.88. The molecule has 0 aromatic rings. The highest BCUT2D eigenvalue weighted by atomic mass is 16.6. The van der Waals surface area contributed by atoms with E-state index < -0.39 is 23.6 Å². The van der Waals surface area contributed by atoms with Gasteiger partial charge < -0.3 is 14.2 Å². The Morgan fingerprint density at radius 1 is 1.31 bits per heavy atom. The van der Waals surface area contributed by atoms with Gasteiger partial charge in [-0.3, -0.25) is 0 Å². The molecule has 16 heavy (non-hydrogen) atoms. The maximum atomic E-state index is 11.6. The zero-order valence-corrected chi connectivity index (χ0v) is 9.27. The summed E-state index contributed by atoms with van der Waals surface area (Å²) in [6.07, 6.45) is 2.97. The maximum Gasteiger partial charge on any atom is 0.337 e. The Hall–Kier alpha value is -1.62. The Kier molecular flexibility index (Phi) is 2.35. The van der Waals surface area contributed by atoms with E-state index in [1.807, 2.05) is 0 Å². The highest BCUT2D eigenvalue weighted by Gasteiger charge is 2.51. The van der Waals surface area contributed by atoms with Gasteiger partial charge in [0, 0.05) is 0 Å². The molecule has 0 amide bonds. The third kappa shape index (κ3) is 1.28. The van der Waals surface area contributed by atoms with Crippen LogP contribution in [0, 0.1) is 0 Å². The van der Waals surface area contributed by atoms with Crippen LogP contribution in [0.4, 0.5) is 0 Å². The van der Waals surface area contributed by atoms with Gasteiger partial charge in [0.25, 0.3) is 0 Å². The third-order valence-electron chi connectivity index (χ3n) is 2.81. The molecule has 0 radical (unpaired) electrons. The molecule has 0 aromatic heterocycles. The summed E-state index contributed by atoms with van der Waals surface area (Å²) in [6.45, 7) is 1.71. The zero-order chi connectivity index (χ0) is 11.9. The summed E-state index contributed by atoms with van der Waals surface area (Å²) in [4.78, 5) is 23.2.